The van der Waals surface area contributed by atoms with Gasteiger partial charge >= 0.3 is 0 Å². The maximum absolute atomic E-state index is 13.6. The van der Waals surface area contributed by atoms with Gasteiger partial charge in [0.2, 0.25) is 5.91 Å². The smallest absolute Gasteiger partial charge is 0.224 e. The maximum atomic E-state index is 13.6. The average Bonchev–Trinajstić information content (AvgIpc) is 2.49. The lowest BCUT2D eigenvalue weighted by Crippen LogP contribution is -2.13. The van der Waals surface area contributed by atoms with Crippen molar-refractivity contribution in [3.63, 3.8) is 0 Å². The van der Waals surface area contributed by atoms with Gasteiger partial charge in [0.25, 0.3) is 0 Å². The molecule has 0 saturated heterocycles. The number of methoxy groups -OCH3 is 1. The lowest BCUT2D eigenvalue weighted by atomic mass is 10.1. The van der Waals surface area contributed by atoms with Crippen molar-refractivity contribution >= 4 is 11.6 Å². The van der Waals surface area contributed by atoms with Crippen LogP contribution in [0.1, 0.15) is 17.5 Å². The van der Waals surface area contributed by atoms with E-state index in [9.17, 15) is 9.18 Å². The number of hydrogen-bond acceptors (Lipinski definition) is 2. The van der Waals surface area contributed by atoms with Crippen LogP contribution in [-0.2, 0) is 11.2 Å². The van der Waals surface area contributed by atoms with Crippen LogP contribution in [0.4, 0.5) is 10.1 Å². The number of carbonyl (C=O) groups is 1. The minimum atomic E-state index is -0.421. The summed E-state index contributed by atoms with van der Waals surface area (Å²) in [6.07, 6.45) is 0.872. The highest BCUT2D eigenvalue weighted by Crippen LogP contribution is 2.17. The fourth-order valence-corrected chi connectivity index (χ4v) is 2.03. The van der Waals surface area contributed by atoms with Gasteiger partial charge in [-0.2, -0.15) is 0 Å². The molecule has 1 amide bonds. The minimum Gasteiger partial charge on any atom is -0.497 e. The second-order valence-corrected chi connectivity index (χ2v) is 4.88. The number of carbonyl (C=O) groups excluding carboxylic acids is 1. The summed E-state index contributed by atoms with van der Waals surface area (Å²) in [7, 11) is 1.60. The molecule has 0 aromatic heterocycles. The predicted molar refractivity (Wildman–Crippen MR) is 81.1 cm³/mol. The molecule has 0 bridgehead atoms. The minimum absolute atomic E-state index is 0.206. The summed E-state index contributed by atoms with van der Waals surface area (Å²) in [5.74, 6) is 0.135. The van der Waals surface area contributed by atoms with Gasteiger partial charge in [-0.1, -0.05) is 18.2 Å². The van der Waals surface area contributed by atoms with E-state index in [0.29, 0.717) is 12.8 Å². The summed E-state index contributed by atoms with van der Waals surface area (Å²) in [6, 6.07) is 12.2. The Balaban J connectivity index is 1.94. The van der Waals surface area contributed by atoms with E-state index in [1.54, 1.807) is 19.2 Å². The first-order valence-corrected chi connectivity index (χ1v) is 6.77. The number of anilines is 1. The second kappa shape index (κ2) is 6.88. The highest BCUT2D eigenvalue weighted by Gasteiger charge is 2.08. The van der Waals surface area contributed by atoms with E-state index in [1.807, 2.05) is 31.2 Å². The van der Waals surface area contributed by atoms with Crippen LogP contribution in [0.3, 0.4) is 0 Å². The van der Waals surface area contributed by atoms with Gasteiger partial charge in [-0.15, -0.1) is 0 Å². The Morgan fingerprint density at radius 3 is 2.81 bits per heavy atom. The van der Waals surface area contributed by atoms with Crippen molar-refractivity contribution in [3.8, 4) is 5.75 Å². The summed E-state index contributed by atoms with van der Waals surface area (Å²) in [4.78, 5) is 11.9. The molecule has 0 aliphatic rings. The molecule has 0 aliphatic carbocycles. The number of rotatable bonds is 5. The lowest BCUT2D eigenvalue weighted by molar-refractivity contribution is -0.116. The van der Waals surface area contributed by atoms with Crippen LogP contribution in [0.25, 0.3) is 0 Å². The van der Waals surface area contributed by atoms with E-state index in [-0.39, 0.29) is 11.6 Å². The summed E-state index contributed by atoms with van der Waals surface area (Å²) < 4.78 is 18.7. The van der Waals surface area contributed by atoms with Crippen molar-refractivity contribution in [1.82, 2.24) is 0 Å². The molecule has 21 heavy (non-hydrogen) atoms. The van der Waals surface area contributed by atoms with Crippen molar-refractivity contribution in [1.29, 1.82) is 0 Å². The van der Waals surface area contributed by atoms with Gasteiger partial charge in [0.15, 0.2) is 0 Å². The van der Waals surface area contributed by atoms with E-state index in [1.165, 1.54) is 6.07 Å². The van der Waals surface area contributed by atoms with Crippen LogP contribution in [0, 0.1) is 12.7 Å². The van der Waals surface area contributed by atoms with E-state index >= 15 is 0 Å². The summed E-state index contributed by atoms with van der Waals surface area (Å²) >= 11 is 0. The Kier molecular flexibility index (Phi) is 4.93. The third-order valence-corrected chi connectivity index (χ3v) is 3.17. The quantitative estimate of drug-likeness (QED) is 0.910. The van der Waals surface area contributed by atoms with Gasteiger partial charge in [-0.25, -0.2) is 4.39 Å². The van der Waals surface area contributed by atoms with Gasteiger partial charge < -0.3 is 10.1 Å². The normalized spacial score (nSPS) is 10.2. The molecule has 0 unspecified atom stereocenters. The van der Waals surface area contributed by atoms with Crippen molar-refractivity contribution in [3.05, 3.63) is 59.4 Å². The number of ether oxygens (including phenoxy) is 1. The zero-order chi connectivity index (χ0) is 15.2. The molecule has 2 aromatic rings. The molecule has 2 rings (SSSR count). The Labute approximate surface area is 123 Å². The van der Waals surface area contributed by atoms with Gasteiger partial charge in [0, 0.05) is 6.42 Å². The van der Waals surface area contributed by atoms with E-state index < -0.39 is 5.82 Å². The zero-order valence-electron chi connectivity index (χ0n) is 12.2. The number of hydrogen-bond donors (Lipinski definition) is 1. The molecular formula is C17H18FNO2. The monoisotopic (exact) mass is 287 g/mol. The molecule has 0 aliphatic heterocycles. The molecule has 0 fully saturated rings. The van der Waals surface area contributed by atoms with E-state index in [4.69, 9.17) is 4.74 Å². The third-order valence-electron chi connectivity index (χ3n) is 3.17. The van der Waals surface area contributed by atoms with Crippen molar-refractivity contribution in [2.75, 3.05) is 12.4 Å². The number of amides is 1. The van der Waals surface area contributed by atoms with Gasteiger partial charge in [0.1, 0.15) is 11.6 Å². The Morgan fingerprint density at radius 1 is 1.24 bits per heavy atom. The maximum Gasteiger partial charge on any atom is 0.224 e. The van der Waals surface area contributed by atoms with Crippen LogP contribution in [-0.4, -0.2) is 13.0 Å². The van der Waals surface area contributed by atoms with E-state index in [0.717, 1.165) is 16.9 Å². The van der Waals surface area contributed by atoms with Gasteiger partial charge in [-0.05, 0) is 48.7 Å². The topological polar surface area (TPSA) is 38.3 Å². The largest absolute Gasteiger partial charge is 0.497 e. The van der Waals surface area contributed by atoms with Crippen LogP contribution < -0.4 is 10.1 Å². The standard InChI is InChI=1S/C17H18FNO2/c1-12-6-8-15(18)16(10-12)19-17(20)9-7-13-4-3-5-14(11-13)21-2/h3-6,8,10-11H,7,9H2,1-2H3,(H,19,20). The Morgan fingerprint density at radius 2 is 2.05 bits per heavy atom. The van der Waals surface area contributed by atoms with Crippen molar-refractivity contribution < 1.29 is 13.9 Å². The Bertz CT molecular complexity index is 640. The number of benzene rings is 2. The Hall–Kier alpha value is -2.36. The fraction of sp³-hybridized carbons (Fsp3) is 0.235. The van der Waals surface area contributed by atoms with Crippen LogP contribution in [0.15, 0.2) is 42.5 Å². The molecule has 110 valence electrons. The summed E-state index contributed by atoms with van der Waals surface area (Å²) in [5, 5.41) is 2.60. The van der Waals surface area contributed by atoms with Crippen molar-refractivity contribution in [2.45, 2.75) is 19.8 Å². The number of aryl methyl sites for hydroxylation is 2. The fourth-order valence-electron chi connectivity index (χ4n) is 2.03. The van der Waals surface area contributed by atoms with Gasteiger partial charge in [-0.3, -0.25) is 4.79 Å². The number of nitrogens with one attached hydrogen (secondary N) is 1. The zero-order valence-corrected chi connectivity index (χ0v) is 12.2. The second-order valence-electron chi connectivity index (χ2n) is 4.88. The molecular weight excluding hydrogens is 269 g/mol. The van der Waals surface area contributed by atoms with E-state index in [2.05, 4.69) is 5.32 Å². The first-order valence-electron chi connectivity index (χ1n) is 6.77. The SMILES string of the molecule is COc1cccc(CCC(=O)Nc2cc(C)ccc2F)c1. The highest BCUT2D eigenvalue weighted by molar-refractivity contribution is 5.91. The third kappa shape index (κ3) is 4.31. The molecule has 0 radical (unpaired) electrons. The number of halogens is 1. The average molecular weight is 287 g/mol. The molecule has 0 spiro atoms. The highest BCUT2D eigenvalue weighted by atomic mass is 19.1. The first kappa shape index (κ1) is 15.0. The van der Waals surface area contributed by atoms with Crippen LogP contribution in [0.2, 0.25) is 0 Å². The molecule has 0 atom stereocenters. The molecule has 3 nitrogen and oxygen atoms in total. The molecule has 2 aromatic carbocycles. The molecule has 4 heteroatoms. The van der Waals surface area contributed by atoms with Crippen LogP contribution in [0.5, 0.6) is 5.75 Å². The molecule has 0 heterocycles. The molecule has 0 saturated carbocycles. The first-order chi connectivity index (χ1) is 10.1. The predicted octanol–water partition coefficient (Wildman–Crippen LogP) is 3.71. The summed E-state index contributed by atoms with van der Waals surface area (Å²) in [5.41, 5.74) is 2.14. The van der Waals surface area contributed by atoms with Crippen LogP contribution >= 0.6 is 0 Å². The van der Waals surface area contributed by atoms with Crippen molar-refractivity contribution in [2.24, 2.45) is 0 Å². The lowest BCUT2D eigenvalue weighted by Gasteiger charge is -2.08. The van der Waals surface area contributed by atoms with Gasteiger partial charge in [0.05, 0.1) is 12.8 Å². The summed E-state index contributed by atoms with van der Waals surface area (Å²) in [6.45, 7) is 1.85. The molecule has 1 N–H and O–H groups in total.